The lowest BCUT2D eigenvalue weighted by atomic mass is 10.1. The van der Waals surface area contributed by atoms with E-state index in [0.717, 1.165) is 43.1 Å². The van der Waals surface area contributed by atoms with Crippen molar-refractivity contribution in [1.29, 1.82) is 0 Å². The van der Waals surface area contributed by atoms with Crippen LogP contribution in [-0.2, 0) is 13.6 Å². The molecule has 31 heavy (non-hydrogen) atoms. The van der Waals surface area contributed by atoms with Crippen molar-refractivity contribution in [2.24, 2.45) is 7.05 Å². The largest absolute Gasteiger partial charge is 0.371 e. The molecule has 5 rings (SSSR count). The Morgan fingerprint density at radius 2 is 2.10 bits per heavy atom. The van der Waals surface area contributed by atoms with Gasteiger partial charge in [-0.15, -0.1) is 11.3 Å². The molecule has 0 unspecified atom stereocenters. The topological polar surface area (TPSA) is 97.6 Å². The normalized spacial score (nSPS) is 11.2. The summed E-state index contributed by atoms with van der Waals surface area (Å²) in [5, 5.41) is 13.5. The number of imidazole rings is 1. The van der Waals surface area contributed by atoms with Crippen LogP contribution in [0.4, 0.5) is 5.82 Å². The first-order chi connectivity index (χ1) is 15.1. The van der Waals surface area contributed by atoms with Gasteiger partial charge >= 0.3 is 0 Å². The molecule has 0 spiro atoms. The molecule has 9 heteroatoms. The Hall–Kier alpha value is -3.85. The van der Waals surface area contributed by atoms with Crippen LogP contribution in [0.2, 0.25) is 0 Å². The summed E-state index contributed by atoms with van der Waals surface area (Å²) in [4.78, 5) is 22.6. The summed E-state index contributed by atoms with van der Waals surface area (Å²) >= 11 is 1.69. The summed E-state index contributed by atoms with van der Waals surface area (Å²) in [6.45, 7) is 0.425. The molecular weight excluding hydrogens is 410 g/mol. The van der Waals surface area contributed by atoms with E-state index < -0.39 is 0 Å². The number of nitrogens with one attached hydrogen (secondary N) is 2. The van der Waals surface area contributed by atoms with Crippen molar-refractivity contribution in [3.8, 4) is 10.4 Å². The standard InChI is InChI=1S/C22H19N7OS/c1-23-21-18-19(29(2)12-25-18)20-16(28-21)9-17(31-20)14-5-3-4-13(8-14)10-24-22(30)15-6-7-26-27-11-15/h3-9,11-12H,10H2,1-2H3,(H,23,28)(H,24,30). The van der Waals surface area contributed by atoms with Gasteiger partial charge in [-0.2, -0.15) is 10.2 Å². The maximum absolute atomic E-state index is 12.3. The van der Waals surface area contributed by atoms with Crippen molar-refractivity contribution in [2.45, 2.75) is 6.54 Å². The van der Waals surface area contributed by atoms with Crippen LogP contribution < -0.4 is 10.6 Å². The number of nitrogens with zero attached hydrogens (tertiary/aromatic N) is 5. The van der Waals surface area contributed by atoms with E-state index in [9.17, 15) is 4.79 Å². The Bertz CT molecular complexity index is 1410. The SMILES string of the molecule is CNc1nc2cc(-c3cccc(CNC(=O)c4ccnnc4)c3)sc2c2c1ncn2C. The van der Waals surface area contributed by atoms with Crippen molar-refractivity contribution in [3.05, 3.63) is 66.2 Å². The maximum atomic E-state index is 12.3. The molecule has 5 aromatic rings. The first kappa shape index (κ1) is 19.1. The molecule has 2 N–H and O–H groups in total. The smallest absolute Gasteiger partial charge is 0.253 e. The average molecular weight is 430 g/mol. The van der Waals surface area contributed by atoms with Gasteiger partial charge in [0.15, 0.2) is 5.82 Å². The molecule has 4 heterocycles. The third-order valence-electron chi connectivity index (χ3n) is 5.07. The zero-order valence-corrected chi connectivity index (χ0v) is 17.8. The van der Waals surface area contributed by atoms with Gasteiger partial charge in [-0.05, 0) is 29.3 Å². The van der Waals surface area contributed by atoms with E-state index in [1.807, 2.05) is 37.1 Å². The minimum absolute atomic E-state index is 0.176. The molecule has 1 amide bonds. The predicted molar refractivity (Wildman–Crippen MR) is 122 cm³/mol. The molecule has 0 aliphatic carbocycles. The summed E-state index contributed by atoms with van der Waals surface area (Å²) < 4.78 is 3.13. The van der Waals surface area contributed by atoms with Gasteiger partial charge < -0.3 is 15.2 Å². The van der Waals surface area contributed by atoms with Crippen LogP contribution in [0.3, 0.4) is 0 Å². The highest BCUT2D eigenvalue weighted by Gasteiger charge is 2.16. The van der Waals surface area contributed by atoms with Crippen molar-refractivity contribution in [1.82, 2.24) is 30.0 Å². The molecule has 0 aliphatic heterocycles. The Morgan fingerprint density at radius 3 is 2.90 bits per heavy atom. The second-order valence-electron chi connectivity index (χ2n) is 7.10. The molecule has 0 aliphatic rings. The molecule has 0 saturated carbocycles. The van der Waals surface area contributed by atoms with E-state index >= 15 is 0 Å². The maximum Gasteiger partial charge on any atom is 0.253 e. The highest BCUT2D eigenvalue weighted by atomic mass is 32.1. The first-order valence-corrected chi connectivity index (χ1v) is 10.5. The van der Waals surface area contributed by atoms with E-state index in [0.29, 0.717) is 12.1 Å². The fourth-order valence-electron chi connectivity index (χ4n) is 3.54. The highest BCUT2D eigenvalue weighted by molar-refractivity contribution is 7.23. The predicted octanol–water partition coefficient (Wildman–Crippen LogP) is 3.61. The second-order valence-corrected chi connectivity index (χ2v) is 8.15. The minimum Gasteiger partial charge on any atom is -0.371 e. The van der Waals surface area contributed by atoms with Crippen LogP contribution in [0.25, 0.3) is 31.7 Å². The molecule has 4 aromatic heterocycles. The number of fused-ring (bicyclic) bond motifs is 3. The van der Waals surface area contributed by atoms with Gasteiger partial charge in [-0.25, -0.2) is 9.97 Å². The van der Waals surface area contributed by atoms with Crippen LogP contribution in [0.1, 0.15) is 15.9 Å². The number of pyridine rings is 1. The zero-order valence-electron chi connectivity index (χ0n) is 17.0. The van der Waals surface area contributed by atoms with Gasteiger partial charge in [0, 0.05) is 25.5 Å². The average Bonchev–Trinajstić information content (AvgIpc) is 3.41. The number of carbonyl (C=O) groups excluding carboxylic acids is 1. The van der Waals surface area contributed by atoms with Gasteiger partial charge in [-0.3, -0.25) is 4.79 Å². The molecule has 0 bridgehead atoms. The Balaban J connectivity index is 1.46. The Kier molecular flexibility index (Phi) is 4.79. The van der Waals surface area contributed by atoms with Crippen molar-refractivity contribution < 1.29 is 4.79 Å². The first-order valence-electron chi connectivity index (χ1n) is 9.70. The van der Waals surface area contributed by atoms with E-state index in [2.05, 4.69) is 44.0 Å². The minimum atomic E-state index is -0.176. The van der Waals surface area contributed by atoms with Crippen LogP contribution in [0, 0.1) is 0 Å². The van der Waals surface area contributed by atoms with E-state index in [1.54, 1.807) is 17.4 Å². The summed E-state index contributed by atoms with van der Waals surface area (Å²) in [6.07, 6.45) is 4.77. The molecule has 0 atom stereocenters. The Morgan fingerprint density at radius 1 is 1.19 bits per heavy atom. The highest BCUT2D eigenvalue weighted by Crippen LogP contribution is 2.38. The lowest BCUT2D eigenvalue weighted by Crippen LogP contribution is -2.22. The molecule has 0 fully saturated rings. The summed E-state index contributed by atoms with van der Waals surface area (Å²) in [6, 6.07) is 11.9. The van der Waals surface area contributed by atoms with Crippen molar-refractivity contribution >= 4 is 44.3 Å². The van der Waals surface area contributed by atoms with Gasteiger partial charge in [0.25, 0.3) is 5.91 Å². The number of thiophene rings is 1. The molecule has 154 valence electrons. The Labute approximate surface area is 182 Å². The van der Waals surface area contributed by atoms with Crippen LogP contribution >= 0.6 is 11.3 Å². The third kappa shape index (κ3) is 3.49. The lowest BCUT2D eigenvalue weighted by molar-refractivity contribution is 0.0950. The van der Waals surface area contributed by atoms with Gasteiger partial charge in [0.2, 0.25) is 0 Å². The number of hydrogen-bond acceptors (Lipinski definition) is 7. The number of benzene rings is 1. The zero-order chi connectivity index (χ0) is 21.4. The number of aryl methyl sites for hydroxylation is 1. The van der Waals surface area contributed by atoms with E-state index in [-0.39, 0.29) is 5.91 Å². The van der Waals surface area contributed by atoms with Gasteiger partial charge in [0.05, 0.1) is 40.0 Å². The number of anilines is 1. The van der Waals surface area contributed by atoms with Gasteiger partial charge in [-0.1, -0.05) is 18.2 Å². The van der Waals surface area contributed by atoms with Crippen molar-refractivity contribution in [2.75, 3.05) is 12.4 Å². The number of aromatic nitrogens is 5. The number of hydrogen-bond donors (Lipinski definition) is 2. The molecule has 1 aromatic carbocycles. The molecule has 8 nitrogen and oxygen atoms in total. The summed E-state index contributed by atoms with van der Waals surface area (Å²) in [5.41, 5.74) is 5.46. The molecule has 0 radical (unpaired) electrons. The lowest BCUT2D eigenvalue weighted by Gasteiger charge is -2.06. The fraction of sp³-hybridized carbons (Fsp3) is 0.136. The van der Waals surface area contributed by atoms with Crippen molar-refractivity contribution in [3.63, 3.8) is 0 Å². The fourth-order valence-corrected chi connectivity index (χ4v) is 4.72. The van der Waals surface area contributed by atoms with Crippen LogP contribution in [0.15, 0.2) is 55.1 Å². The molecule has 0 saturated heterocycles. The number of amides is 1. The second kappa shape index (κ2) is 7.77. The monoisotopic (exact) mass is 429 g/mol. The van der Waals surface area contributed by atoms with Crippen LogP contribution in [0.5, 0.6) is 0 Å². The number of rotatable bonds is 5. The quantitative estimate of drug-likeness (QED) is 0.443. The summed E-state index contributed by atoms with van der Waals surface area (Å²) in [7, 11) is 3.85. The van der Waals surface area contributed by atoms with Crippen LogP contribution in [-0.4, -0.2) is 37.7 Å². The van der Waals surface area contributed by atoms with Gasteiger partial charge in [0.1, 0.15) is 5.52 Å². The number of carbonyl (C=O) groups is 1. The van der Waals surface area contributed by atoms with E-state index in [4.69, 9.17) is 4.98 Å². The molecular formula is C22H19N7OS. The third-order valence-corrected chi connectivity index (χ3v) is 6.25. The summed E-state index contributed by atoms with van der Waals surface area (Å²) in [5.74, 6) is 0.596. The van der Waals surface area contributed by atoms with E-state index in [1.165, 1.54) is 12.4 Å².